The van der Waals surface area contributed by atoms with Crippen LogP contribution in [0.25, 0.3) is 39.7 Å². The molecule has 2 aromatic heterocycles. The minimum Gasteiger partial charge on any atom is -0.342 e. The van der Waals surface area contributed by atoms with Crippen LogP contribution in [0.3, 0.4) is 0 Å². The van der Waals surface area contributed by atoms with Crippen LogP contribution in [0.5, 0.6) is 0 Å². The number of halogens is 3. The van der Waals surface area contributed by atoms with Gasteiger partial charge in [0.1, 0.15) is 11.5 Å². The van der Waals surface area contributed by atoms with Crippen molar-refractivity contribution in [2.75, 3.05) is 6.26 Å². The van der Waals surface area contributed by atoms with Crippen molar-refractivity contribution in [1.82, 2.24) is 19.7 Å². The number of nitrogens with zero attached hydrogens (tertiary/aromatic N) is 4. The number of aromatic nitrogens is 4. The average Bonchev–Trinajstić information content (AvgIpc) is 3.56. The van der Waals surface area contributed by atoms with E-state index < -0.39 is 21.6 Å². The SMILES string of the molecule is CC(C)c1c(-c2ncon2)nc(-c2ccccc2C(F)(F)F)n1-c1ccc(-c2ccccc2)c(S(C)(=O)=O)c1. The molecule has 200 valence electrons. The van der Waals surface area contributed by atoms with E-state index in [9.17, 15) is 21.6 Å². The second-order valence-electron chi connectivity index (χ2n) is 9.28. The highest BCUT2D eigenvalue weighted by molar-refractivity contribution is 7.90. The van der Waals surface area contributed by atoms with Gasteiger partial charge in [0.25, 0.3) is 0 Å². The molecule has 0 aliphatic carbocycles. The molecule has 7 nitrogen and oxygen atoms in total. The molecule has 0 saturated heterocycles. The molecule has 2 heterocycles. The Morgan fingerprint density at radius 3 is 2.23 bits per heavy atom. The number of imidazole rings is 1. The Morgan fingerprint density at radius 2 is 1.62 bits per heavy atom. The van der Waals surface area contributed by atoms with Crippen molar-refractivity contribution in [2.45, 2.75) is 30.8 Å². The number of benzene rings is 3. The molecule has 0 aliphatic heterocycles. The van der Waals surface area contributed by atoms with Crippen LogP contribution in [0, 0.1) is 0 Å². The van der Waals surface area contributed by atoms with Crippen molar-refractivity contribution in [3.63, 3.8) is 0 Å². The molecule has 0 aliphatic rings. The molecule has 0 atom stereocenters. The summed E-state index contributed by atoms with van der Waals surface area (Å²) in [7, 11) is -3.74. The Labute approximate surface area is 222 Å². The first-order valence-electron chi connectivity index (χ1n) is 11.9. The van der Waals surface area contributed by atoms with Gasteiger partial charge in [-0.15, -0.1) is 0 Å². The predicted octanol–water partition coefficient (Wildman–Crippen LogP) is 6.80. The zero-order valence-electron chi connectivity index (χ0n) is 21.1. The third-order valence-electron chi connectivity index (χ3n) is 6.21. The van der Waals surface area contributed by atoms with Crippen LogP contribution in [-0.2, 0) is 16.0 Å². The quantitative estimate of drug-likeness (QED) is 0.230. The third kappa shape index (κ3) is 4.97. The highest BCUT2D eigenvalue weighted by atomic mass is 32.2. The average molecular weight is 553 g/mol. The first kappa shape index (κ1) is 26.4. The summed E-state index contributed by atoms with van der Waals surface area (Å²) in [6.45, 7) is 3.71. The van der Waals surface area contributed by atoms with Gasteiger partial charge in [0, 0.05) is 23.1 Å². The maximum absolute atomic E-state index is 14.1. The van der Waals surface area contributed by atoms with Gasteiger partial charge in [-0.1, -0.05) is 73.6 Å². The van der Waals surface area contributed by atoms with Gasteiger partial charge in [-0.2, -0.15) is 18.2 Å². The molecular formula is C28H23F3N4O3S. The second kappa shape index (κ2) is 9.81. The minimum atomic E-state index is -4.66. The van der Waals surface area contributed by atoms with E-state index in [0.717, 1.165) is 18.7 Å². The van der Waals surface area contributed by atoms with E-state index in [-0.39, 0.29) is 33.7 Å². The van der Waals surface area contributed by atoms with Gasteiger partial charge in [-0.3, -0.25) is 4.57 Å². The van der Waals surface area contributed by atoms with Crippen LogP contribution in [0.15, 0.2) is 88.6 Å². The predicted molar refractivity (Wildman–Crippen MR) is 140 cm³/mol. The first-order valence-corrected chi connectivity index (χ1v) is 13.8. The topological polar surface area (TPSA) is 90.9 Å². The van der Waals surface area contributed by atoms with Crippen molar-refractivity contribution < 1.29 is 26.1 Å². The normalized spacial score (nSPS) is 12.3. The fourth-order valence-electron chi connectivity index (χ4n) is 4.58. The summed E-state index contributed by atoms with van der Waals surface area (Å²) in [4.78, 5) is 8.71. The van der Waals surface area contributed by atoms with Crippen molar-refractivity contribution in [3.05, 3.63) is 90.4 Å². The summed E-state index contributed by atoms with van der Waals surface area (Å²) in [6, 6.07) is 18.9. The molecule has 5 rings (SSSR count). The highest BCUT2D eigenvalue weighted by Gasteiger charge is 2.36. The molecule has 0 radical (unpaired) electrons. The van der Waals surface area contributed by atoms with Gasteiger partial charge in [-0.25, -0.2) is 13.4 Å². The van der Waals surface area contributed by atoms with E-state index in [1.54, 1.807) is 41.0 Å². The van der Waals surface area contributed by atoms with Gasteiger partial charge in [0.2, 0.25) is 12.2 Å². The standard InChI is InChI=1S/C28H23F3N4O3S/c1-17(2)25-24(26-32-16-38-34-26)33-27(21-11-7-8-12-22(21)28(29,30)31)35(25)19-13-14-20(18-9-5-4-6-10-18)23(15-19)39(3,36)37/h4-17H,1-3H3. The van der Waals surface area contributed by atoms with Crippen LogP contribution in [-0.4, -0.2) is 34.4 Å². The third-order valence-corrected chi connectivity index (χ3v) is 7.35. The summed E-state index contributed by atoms with van der Waals surface area (Å²) in [6.07, 6.45) is -2.45. The van der Waals surface area contributed by atoms with Gasteiger partial charge < -0.3 is 4.52 Å². The molecule has 39 heavy (non-hydrogen) atoms. The van der Waals surface area contributed by atoms with E-state index in [1.807, 2.05) is 19.9 Å². The molecule has 5 aromatic rings. The summed E-state index contributed by atoms with van der Waals surface area (Å²) in [5, 5.41) is 3.87. The Balaban J connectivity index is 1.88. The lowest BCUT2D eigenvalue weighted by molar-refractivity contribution is -0.137. The fraction of sp³-hybridized carbons (Fsp3) is 0.179. The Hall–Kier alpha value is -4.25. The molecule has 3 aromatic carbocycles. The zero-order chi connectivity index (χ0) is 27.9. The van der Waals surface area contributed by atoms with Crippen LogP contribution in [0.4, 0.5) is 13.2 Å². The van der Waals surface area contributed by atoms with E-state index in [1.165, 1.54) is 24.3 Å². The monoisotopic (exact) mass is 552 g/mol. The van der Waals surface area contributed by atoms with Crippen molar-refractivity contribution in [3.8, 4) is 39.7 Å². The van der Waals surface area contributed by atoms with E-state index in [0.29, 0.717) is 22.5 Å². The molecule has 0 bridgehead atoms. The van der Waals surface area contributed by atoms with Gasteiger partial charge in [-0.05, 0) is 29.7 Å². The van der Waals surface area contributed by atoms with E-state index in [4.69, 9.17) is 4.52 Å². The van der Waals surface area contributed by atoms with Crippen LogP contribution in [0.1, 0.15) is 31.0 Å². The lowest BCUT2D eigenvalue weighted by Crippen LogP contribution is -2.11. The Kier molecular flexibility index (Phi) is 6.63. The largest absolute Gasteiger partial charge is 0.417 e. The molecule has 0 fully saturated rings. The number of hydrogen-bond acceptors (Lipinski definition) is 6. The van der Waals surface area contributed by atoms with Crippen LogP contribution in [0.2, 0.25) is 0 Å². The maximum Gasteiger partial charge on any atom is 0.417 e. The van der Waals surface area contributed by atoms with Crippen molar-refractivity contribution >= 4 is 9.84 Å². The molecule has 0 spiro atoms. The number of sulfone groups is 1. The molecule has 0 amide bonds. The van der Waals surface area contributed by atoms with Crippen molar-refractivity contribution in [1.29, 1.82) is 0 Å². The summed E-state index contributed by atoms with van der Waals surface area (Å²) in [5.41, 5.74) is 1.17. The second-order valence-corrected chi connectivity index (χ2v) is 11.3. The Bertz CT molecular complexity index is 1740. The summed E-state index contributed by atoms with van der Waals surface area (Å²) < 4.78 is 74.7. The van der Waals surface area contributed by atoms with Crippen LogP contribution >= 0.6 is 0 Å². The smallest absolute Gasteiger partial charge is 0.342 e. The maximum atomic E-state index is 14.1. The Morgan fingerprint density at radius 1 is 0.923 bits per heavy atom. The number of hydrogen-bond donors (Lipinski definition) is 0. The molecule has 0 N–H and O–H groups in total. The summed E-state index contributed by atoms with van der Waals surface area (Å²) in [5.74, 6) is -0.195. The van der Waals surface area contributed by atoms with Gasteiger partial charge in [0.15, 0.2) is 9.84 Å². The fourth-order valence-corrected chi connectivity index (χ4v) is 5.50. The zero-order valence-corrected chi connectivity index (χ0v) is 22.0. The molecular weight excluding hydrogens is 529 g/mol. The van der Waals surface area contributed by atoms with Gasteiger partial charge in [0.05, 0.1) is 16.2 Å². The number of alkyl halides is 3. The lowest BCUT2D eigenvalue weighted by Gasteiger charge is -2.19. The first-order chi connectivity index (χ1) is 18.5. The summed E-state index contributed by atoms with van der Waals surface area (Å²) >= 11 is 0. The lowest BCUT2D eigenvalue weighted by atomic mass is 10.0. The molecule has 11 heteroatoms. The minimum absolute atomic E-state index is 0.0293. The molecule has 0 unspecified atom stereocenters. The number of rotatable bonds is 6. The van der Waals surface area contributed by atoms with Crippen molar-refractivity contribution in [2.24, 2.45) is 0 Å². The molecule has 0 saturated carbocycles. The van der Waals surface area contributed by atoms with E-state index >= 15 is 0 Å². The van der Waals surface area contributed by atoms with Crippen LogP contribution < -0.4 is 0 Å². The van der Waals surface area contributed by atoms with E-state index in [2.05, 4.69) is 15.1 Å². The van der Waals surface area contributed by atoms with Gasteiger partial charge >= 0.3 is 6.18 Å². The highest BCUT2D eigenvalue weighted by Crippen LogP contribution is 2.41.